The summed E-state index contributed by atoms with van der Waals surface area (Å²) in [6, 6.07) is -2.33. The lowest BCUT2D eigenvalue weighted by Crippen LogP contribution is -2.69. The van der Waals surface area contributed by atoms with Crippen LogP contribution in [0.5, 0.6) is 0 Å². The van der Waals surface area contributed by atoms with Crippen LogP contribution in [-0.4, -0.2) is 45.9 Å². The first-order chi connectivity index (χ1) is 14.5. The lowest BCUT2D eigenvalue weighted by atomic mass is 9.96. The average Bonchev–Trinajstić information content (AvgIpc) is 2.63. The molecular formula is C16H18F9N7. The molecule has 16 heteroatoms. The van der Waals surface area contributed by atoms with E-state index in [1.54, 1.807) is 0 Å². The van der Waals surface area contributed by atoms with Gasteiger partial charge in [0.25, 0.3) is 0 Å². The van der Waals surface area contributed by atoms with Crippen LogP contribution in [0, 0.1) is 5.92 Å². The highest BCUT2D eigenvalue weighted by Crippen LogP contribution is 2.36. The second-order valence-electron chi connectivity index (χ2n) is 6.77. The number of nitrogens with one attached hydrogen (secondary N) is 2. The van der Waals surface area contributed by atoms with Crippen molar-refractivity contribution >= 4 is 11.8 Å². The molecule has 180 valence electrons. The van der Waals surface area contributed by atoms with Gasteiger partial charge in [0, 0.05) is 0 Å². The fourth-order valence-corrected chi connectivity index (χ4v) is 2.89. The van der Waals surface area contributed by atoms with Gasteiger partial charge in [-0.3, -0.25) is 10.7 Å². The van der Waals surface area contributed by atoms with E-state index in [1.807, 2.05) is 5.32 Å². The maximum absolute atomic E-state index is 13.5. The molecule has 0 radical (unpaired) electrons. The van der Waals surface area contributed by atoms with E-state index in [0.29, 0.717) is 6.20 Å². The first kappa shape index (κ1) is 25.6. The van der Waals surface area contributed by atoms with Crippen LogP contribution in [0.3, 0.4) is 0 Å². The molecule has 0 saturated carbocycles. The van der Waals surface area contributed by atoms with Gasteiger partial charge in [0.2, 0.25) is 5.96 Å². The molecule has 0 spiro atoms. The maximum Gasteiger partial charge on any atom is 0.434 e. The molecule has 0 fully saturated rings. The Morgan fingerprint density at radius 2 is 1.62 bits per heavy atom. The van der Waals surface area contributed by atoms with Gasteiger partial charge >= 0.3 is 18.5 Å². The topological polar surface area (TPSA) is 101 Å². The number of amidine groups is 1. The molecule has 1 unspecified atom stereocenters. The van der Waals surface area contributed by atoms with Crippen LogP contribution in [0.4, 0.5) is 39.5 Å². The van der Waals surface area contributed by atoms with Crippen molar-refractivity contribution < 1.29 is 39.5 Å². The van der Waals surface area contributed by atoms with Crippen LogP contribution in [0.2, 0.25) is 0 Å². The number of nitrogens with zero attached hydrogens (tertiary/aromatic N) is 4. The molecule has 2 rings (SSSR count). The Kier molecular flexibility index (Phi) is 6.97. The Labute approximate surface area is 175 Å². The predicted molar refractivity (Wildman–Crippen MR) is 94.2 cm³/mol. The lowest BCUT2D eigenvalue weighted by molar-refractivity contribution is -0.194. The van der Waals surface area contributed by atoms with Crippen molar-refractivity contribution in [2.75, 3.05) is 0 Å². The summed E-state index contributed by atoms with van der Waals surface area (Å²) in [6.07, 6.45) is -14.9. The first-order valence-corrected chi connectivity index (χ1v) is 9.06. The van der Waals surface area contributed by atoms with Gasteiger partial charge in [-0.25, -0.2) is 15.0 Å². The van der Waals surface area contributed by atoms with Crippen molar-refractivity contribution in [2.45, 2.75) is 57.0 Å². The second-order valence-corrected chi connectivity index (χ2v) is 6.77. The normalized spacial score (nSPS) is 23.2. The molecule has 1 aromatic heterocycles. The first-order valence-electron chi connectivity index (χ1n) is 9.06. The molecule has 7 nitrogen and oxygen atoms in total. The maximum atomic E-state index is 13.5. The second kappa shape index (κ2) is 8.71. The van der Waals surface area contributed by atoms with Crippen LogP contribution in [-0.2, 0) is 6.18 Å². The minimum atomic E-state index is -4.96. The molecule has 1 aliphatic rings. The smallest absolute Gasteiger partial charge is 0.319 e. The van der Waals surface area contributed by atoms with Crippen LogP contribution in [0.1, 0.15) is 38.1 Å². The van der Waals surface area contributed by atoms with E-state index >= 15 is 0 Å². The number of rotatable bonds is 5. The summed E-state index contributed by atoms with van der Waals surface area (Å²) in [5, 5.41) is 4.15. The predicted octanol–water partition coefficient (Wildman–Crippen LogP) is 3.33. The molecule has 1 aliphatic heterocycles. The molecule has 0 amide bonds. The van der Waals surface area contributed by atoms with Crippen LogP contribution in [0.15, 0.2) is 22.4 Å². The average molecular weight is 479 g/mol. The van der Waals surface area contributed by atoms with E-state index in [2.05, 4.69) is 25.3 Å². The minimum Gasteiger partial charge on any atom is -0.319 e. The number of hydrogen-bond donors (Lipinski definition) is 3. The van der Waals surface area contributed by atoms with Gasteiger partial charge in [0.1, 0.15) is 17.7 Å². The van der Waals surface area contributed by atoms with E-state index in [1.165, 1.54) is 0 Å². The van der Waals surface area contributed by atoms with Gasteiger partial charge in [0.15, 0.2) is 17.3 Å². The standard InChI is InChI=1S/C16H18F9N7/c1-3-8(13(17,18)19)16(26)31-11(7-5-27-6-10(28-7)15(23,24)25)30-12(32-16)29-9(4-2)14(20,21)22/h5-6,8-9H,3-4,26H2,1-2H3,(H2,29,30,31,32)/t8-,9+,16?/m1/s1. The lowest BCUT2D eigenvalue weighted by Gasteiger charge is -2.40. The molecule has 1 aromatic rings. The third-order valence-corrected chi connectivity index (χ3v) is 4.40. The number of aromatic nitrogens is 2. The van der Waals surface area contributed by atoms with E-state index in [4.69, 9.17) is 5.73 Å². The largest absolute Gasteiger partial charge is 0.434 e. The molecule has 2 heterocycles. The zero-order valence-corrected chi connectivity index (χ0v) is 16.5. The quantitative estimate of drug-likeness (QED) is 0.563. The molecule has 4 N–H and O–H groups in total. The SMILES string of the molecule is CC[C@H](N=C1NC(c2cncc(C(F)(F)F)n2)=NC(N)([C@H](CC)C(F)(F)F)N1)C(F)(F)F. The highest BCUT2D eigenvalue weighted by atomic mass is 19.4. The van der Waals surface area contributed by atoms with Crippen LogP contribution >= 0.6 is 0 Å². The summed E-state index contributed by atoms with van der Waals surface area (Å²) in [5.74, 6) is -6.83. The Morgan fingerprint density at radius 3 is 2.09 bits per heavy atom. The highest BCUT2D eigenvalue weighted by Gasteiger charge is 2.53. The van der Waals surface area contributed by atoms with Gasteiger partial charge < -0.3 is 10.6 Å². The molecule has 0 saturated heterocycles. The number of hydrogen-bond acceptors (Lipinski definition) is 5. The number of aliphatic imine (C=N–C) groups is 2. The van der Waals surface area contributed by atoms with Crippen molar-refractivity contribution in [1.29, 1.82) is 0 Å². The van der Waals surface area contributed by atoms with Gasteiger partial charge in [-0.15, -0.1) is 0 Å². The van der Waals surface area contributed by atoms with Gasteiger partial charge in [-0.05, 0) is 12.8 Å². The Bertz CT molecular complexity index is 876. The fraction of sp³-hybridized carbons (Fsp3) is 0.625. The molecule has 3 atom stereocenters. The molecule has 32 heavy (non-hydrogen) atoms. The zero-order valence-electron chi connectivity index (χ0n) is 16.5. The Hall–Kier alpha value is -2.65. The van der Waals surface area contributed by atoms with Crippen molar-refractivity contribution in [1.82, 2.24) is 20.6 Å². The van der Waals surface area contributed by atoms with Crippen LogP contribution in [0.25, 0.3) is 0 Å². The Morgan fingerprint density at radius 1 is 1.00 bits per heavy atom. The van der Waals surface area contributed by atoms with Gasteiger partial charge in [-0.1, -0.05) is 13.8 Å². The molecule has 0 bridgehead atoms. The minimum absolute atomic E-state index is 0.358. The fourth-order valence-electron chi connectivity index (χ4n) is 2.89. The van der Waals surface area contributed by atoms with Gasteiger partial charge in [-0.2, -0.15) is 39.5 Å². The molecule has 0 aliphatic carbocycles. The van der Waals surface area contributed by atoms with Gasteiger partial charge in [0.05, 0.1) is 12.4 Å². The zero-order chi connectivity index (χ0) is 24.5. The van der Waals surface area contributed by atoms with Crippen molar-refractivity contribution in [3.8, 4) is 0 Å². The highest BCUT2D eigenvalue weighted by molar-refractivity contribution is 6.09. The van der Waals surface area contributed by atoms with E-state index in [0.717, 1.165) is 20.0 Å². The summed E-state index contributed by atoms with van der Waals surface area (Å²) in [5.41, 5.74) is 3.59. The van der Waals surface area contributed by atoms with E-state index < -0.39 is 72.3 Å². The van der Waals surface area contributed by atoms with Crippen molar-refractivity contribution in [2.24, 2.45) is 21.6 Å². The Balaban J connectivity index is 2.65. The number of halogens is 9. The summed E-state index contributed by atoms with van der Waals surface area (Å²) < 4.78 is 119. The van der Waals surface area contributed by atoms with Crippen LogP contribution < -0.4 is 16.4 Å². The summed E-state index contributed by atoms with van der Waals surface area (Å²) in [7, 11) is 0. The third-order valence-electron chi connectivity index (χ3n) is 4.40. The van der Waals surface area contributed by atoms with E-state index in [9.17, 15) is 39.5 Å². The number of alkyl halides is 9. The molecular weight excluding hydrogens is 461 g/mol. The summed E-state index contributed by atoms with van der Waals surface area (Å²) in [4.78, 5) is 13.5. The monoisotopic (exact) mass is 479 g/mol. The van der Waals surface area contributed by atoms with Crippen molar-refractivity contribution in [3.05, 3.63) is 23.8 Å². The van der Waals surface area contributed by atoms with Crippen molar-refractivity contribution in [3.63, 3.8) is 0 Å². The van der Waals surface area contributed by atoms with E-state index in [-0.39, 0.29) is 0 Å². The molecule has 0 aromatic carbocycles. The summed E-state index contributed by atoms with van der Waals surface area (Å²) in [6.45, 7) is 2.25. The number of nitrogens with two attached hydrogens (primary N) is 1. The summed E-state index contributed by atoms with van der Waals surface area (Å²) >= 11 is 0. The number of guanidine groups is 1. The third kappa shape index (κ3) is 5.77.